The number of hydrogen-bond acceptors (Lipinski definition) is 2. The Labute approximate surface area is 87.6 Å². The smallest absolute Gasteiger partial charge is 0.0995 e. The number of nitrogens with two attached hydrogens (primary N) is 1. The Morgan fingerprint density at radius 1 is 1.50 bits per heavy atom. The van der Waals surface area contributed by atoms with Crippen molar-refractivity contribution in [3.05, 3.63) is 26.1 Å². The van der Waals surface area contributed by atoms with Gasteiger partial charge in [0.15, 0.2) is 0 Å². The summed E-state index contributed by atoms with van der Waals surface area (Å²) in [5.41, 5.74) is 7.84. The van der Waals surface area contributed by atoms with Gasteiger partial charge in [-0.1, -0.05) is 0 Å². The highest BCUT2D eigenvalue weighted by Crippen LogP contribution is 2.32. The number of halogens is 2. The van der Waals surface area contributed by atoms with E-state index in [9.17, 15) is 0 Å². The molecule has 1 aromatic carbocycles. The SMILES string of the molecule is Cc1c(C#N)cc(Br)c(N)c1Br. The minimum Gasteiger partial charge on any atom is -0.397 e. The molecular weight excluding hydrogens is 284 g/mol. The van der Waals surface area contributed by atoms with Gasteiger partial charge in [-0.25, -0.2) is 0 Å². The Morgan fingerprint density at radius 3 is 2.58 bits per heavy atom. The first kappa shape index (κ1) is 9.56. The van der Waals surface area contributed by atoms with Gasteiger partial charge in [0.05, 0.1) is 17.3 Å². The highest BCUT2D eigenvalue weighted by atomic mass is 79.9. The molecule has 62 valence electrons. The highest BCUT2D eigenvalue weighted by molar-refractivity contribution is 9.11. The Hall–Kier alpha value is -0.530. The first-order chi connectivity index (χ1) is 5.57. The Kier molecular flexibility index (Phi) is 2.76. The van der Waals surface area contributed by atoms with Crippen molar-refractivity contribution in [2.45, 2.75) is 6.92 Å². The molecule has 0 unspecified atom stereocenters. The van der Waals surface area contributed by atoms with E-state index < -0.39 is 0 Å². The standard InChI is InChI=1S/C8H6Br2N2/c1-4-5(3-11)2-6(9)8(12)7(4)10/h2H,12H2,1H3. The lowest BCUT2D eigenvalue weighted by molar-refractivity contribution is 1.36. The van der Waals surface area contributed by atoms with E-state index in [1.54, 1.807) is 6.07 Å². The van der Waals surface area contributed by atoms with E-state index in [0.29, 0.717) is 11.3 Å². The monoisotopic (exact) mass is 288 g/mol. The number of anilines is 1. The molecule has 0 aliphatic heterocycles. The summed E-state index contributed by atoms with van der Waals surface area (Å²) in [6, 6.07) is 3.81. The van der Waals surface area contributed by atoms with Crippen LogP contribution in [0.1, 0.15) is 11.1 Å². The highest BCUT2D eigenvalue weighted by Gasteiger charge is 2.08. The fourth-order valence-corrected chi connectivity index (χ4v) is 1.97. The van der Waals surface area contributed by atoms with Crippen LogP contribution in [-0.2, 0) is 0 Å². The van der Waals surface area contributed by atoms with Gasteiger partial charge in [-0.3, -0.25) is 0 Å². The van der Waals surface area contributed by atoms with Crippen LogP contribution in [0.25, 0.3) is 0 Å². The number of rotatable bonds is 0. The molecule has 0 atom stereocenters. The van der Waals surface area contributed by atoms with E-state index in [1.807, 2.05) is 6.92 Å². The summed E-state index contributed by atoms with van der Waals surface area (Å²) in [6.45, 7) is 1.85. The van der Waals surface area contributed by atoms with E-state index in [2.05, 4.69) is 37.9 Å². The maximum Gasteiger partial charge on any atom is 0.0995 e. The fourth-order valence-electron chi connectivity index (χ4n) is 0.854. The van der Waals surface area contributed by atoms with E-state index in [4.69, 9.17) is 11.0 Å². The average Bonchev–Trinajstić information content (AvgIpc) is 2.08. The van der Waals surface area contributed by atoms with Gasteiger partial charge in [-0.15, -0.1) is 0 Å². The Bertz CT molecular complexity index is 366. The van der Waals surface area contributed by atoms with Crippen molar-refractivity contribution >= 4 is 37.5 Å². The van der Waals surface area contributed by atoms with Crippen molar-refractivity contribution in [2.24, 2.45) is 0 Å². The van der Waals surface area contributed by atoms with Crippen LogP contribution in [0.4, 0.5) is 5.69 Å². The summed E-state index contributed by atoms with van der Waals surface area (Å²) in [5, 5.41) is 8.73. The molecule has 0 radical (unpaired) electrons. The van der Waals surface area contributed by atoms with Crippen LogP contribution in [0.5, 0.6) is 0 Å². The molecule has 0 fully saturated rings. The van der Waals surface area contributed by atoms with E-state index in [0.717, 1.165) is 14.5 Å². The second-order valence-corrected chi connectivity index (χ2v) is 4.02. The number of benzene rings is 1. The maximum atomic E-state index is 8.73. The average molecular weight is 290 g/mol. The van der Waals surface area contributed by atoms with E-state index in [1.165, 1.54) is 0 Å². The maximum absolute atomic E-state index is 8.73. The van der Waals surface area contributed by atoms with Crippen molar-refractivity contribution < 1.29 is 0 Å². The molecule has 0 aliphatic rings. The van der Waals surface area contributed by atoms with Gasteiger partial charge in [0.1, 0.15) is 0 Å². The third kappa shape index (κ3) is 1.47. The minimum absolute atomic E-state index is 0.628. The van der Waals surface area contributed by atoms with Crippen LogP contribution in [0.3, 0.4) is 0 Å². The van der Waals surface area contributed by atoms with Gasteiger partial charge in [0.25, 0.3) is 0 Å². The Morgan fingerprint density at radius 2 is 2.08 bits per heavy atom. The molecule has 1 aromatic rings. The third-order valence-corrected chi connectivity index (χ3v) is 3.30. The van der Waals surface area contributed by atoms with Crippen LogP contribution >= 0.6 is 31.9 Å². The van der Waals surface area contributed by atoms with Crippen LogP contribution in [0.15, 0.2) is 15.0 Å². The van der Waals surface area contributed by atoms with Crippen LogP contribution in [0.2, 0.25) is 0 Å². The molecular formula is C8H6Br2N2. The fraction of sp³-hybridized carbons (Fsp3) is 0.125. The van der Waals surface area contributed by atoms with Crippen molar-refractivity contribution in [1.29, 1.82) is 5.26 Å². The van der Waals surface area contributed by atoms with Gasteiger partial charge in [0, 0.05) is 8.95 Å². The van der Waals surface area contributed by atoms with Gasteiger partial charge < -0.3 is 5.73 Å². The molecule has 0 amide bonds. The van der Waals surface area contributed by atoms with Crippen molar-refractivity contribution in [1.82, 2.24) is 0 Å². The lowest BCUT2D eigenvalue weighted by Gasteiger charge is -2.06. The van der Waals surface area contributed by atoms with E-state index >= 15 is 0 Å². The zero-order chi connectivity index (χ0) is 9.30. The molecule has 0 saturated carbocycles. The van der Waals surface area contributed by atoms with Crippen molar-refractivity contribution in [3.63, 3.8) is 0 Å². The molecule has 0 heterocycles. The zero-order valence-corrected chi connectivity index (χ0v) is 9.53. The minimum atomic E-state index is 0.628. The normalized spacial score (nSPS) is 9.50. The van der Waals surface area contributed by atoms with Crippen LogP contribution < -0.4 is 5.73 Å². The predicted molar refractivity (Wildman–Crippen MR) is 55.7 cm³/mol. The molecule has 0 saturated heterocycles. The summed E-state index contributed by atoms with van der Waals surface area (Å²) in [4.78, 5) is 0. The lowest BCUT2D eigenvalue weighted by Crippen LogP contribution is -1.93. The second-order valence-electron chi connectivity index (χ2n) is 2.37. The van der Waals surface area contributed by atoms with Gasteiger partial charge in [-0.2, -0.15) is 5.26 Å². The summed E-state index contributed by atoms with van der Waals surface area (Å²) in [7, 11) is 0. The quantitative estimate of drug-likeness (QED) is 0.747. The molecule has 0 aromatic heterocycles. The third-order valence-electron chi connectivity index (χ3n) is 1.62. The molecule has 1 rings (SSSR count). The second kappa shape index (κ2) is 3.46. The largest absolute Gasteiger partial charge is 0.397 e. The molecule has 0 aliphatic carbocycles. The van der Waals surface area contributed by atoms with Crippen LogP contribution in [0, 0.1) is 18.3 Å². The van der Waals surface area contributed by atoms with Crippen molar-refractivity contribution in [2.75, 3.05) is 5.73 Å². The summed E-state index contributed by atoms with van der Waals surface area (Å²) in [6.07, 6.45) is 0. The number of nitriles is 1. The summed E-state index contributed by atoms with van der Waals surface area (Å²) >= 11 is 6.58. The van der Waals surface area contributed by atoms with Crippen LogP contribution in [-0.4, -0.2) is 0 Å². The van der Waals surface area contributed by atoms with E-state index in [-0.39, 0.29) is 0 Å². The summed E-state index contributed by atoms with van der Waals surface area (Å²) < 4.78 is 1.53. The van der Waals surface area contributed by atoms with Crippen molar-refractivity contribution in [3.8, 4) is 6.07 Å². The topological polar surface area (TPSA) is 49.8 Å². The molecule has 2 N–H and O–H groups in total. The molecule has 2 nitrogen and oxygen atoms in total. The molecule has 12 heavy (non-hydrogen) atoms. The number of nitrogen functional groups attached to an aromatic ring is 1. The Balaban J connectivity index is 3.52. The molecule has 0 spiro atoms. The summed E-state index contributed by atoms with van der Waals surface area (Å²) in [5.74, 6) is 0. The number of nitrogens with zero attached hydrogens (tertiary/aromatic N) is 1. The lowest BCUT2D eigenvalue weighted by atomic mass is 10.1. The predicted octanol–water partition coefficient (Wildman–Crippen LogP) is 2.97. The van der Waals surface area contributed by atoms with Gasteiger partial charge in [-0.05, 0) is 50.4 Å². The first-order valence-corrected chi connectivity index (χ1v) is 4.80. The molecule has 4 heteroatoms. The van der Waals surface area contributed by atoms with Gasteiger partial charge >= 0.3 is 0 Å². The number of hydrogen-bond donors (Lipinski definition) is 1. The zero-order valence-electron chi connectivity index (χ0n) is 6.36. The first-order valence-electron chi connectivity index (χ1n) is 3.22. The molecule has 0 bridgehead atoms. The van der Waals surface area contributed by atoms with Gasteiger partial charge in [0.2, 0.25) is 0 Å².